The average molecular weight is 219 g/mol. The van der Waals surface area contributed by atoms with E-state index in [1.807, 2.05) is 24.3 Å². The van der Waals surface area contributed by atoms with Crippen LogP contribution in [-0.2, 0) is 0 Å². The van der Waals surface area contributed by atoms with E-state index in [2.05, 4.69) is 5.32 Å². The third kappa shape index (κ3) is 2.42. The molecule has 1 unspecified atom stereocenters. The van der Waals surface area contributed by atoms with Gasteiger partial charge >= 0.3 is 0 Å². The van der Waals surface area contributed by atoms with E-state index in [1.165, 1.54) is 0 Å². The average Bonchev–Trinajstić information content (AvgIpc) is 2.39. The first-order valence-electron chi connectivity index (χ1n) is 5.70. The Balaban J connectivity index is 2.07. The van der Waals surface area contributed by atoms with Gasteiger partial charge in [0.05, 0.1) is 7.11 Å². The van der Waals surface area contributed by atoms with Crippen molar-refractivity contribution < 1.29 is 9.53 Å². The summed E-state index contributed by atoms with van der Waals surface area (Å²) in [5, 5.41) is 3.26. The fourth-order valence-electron chi connectivity index (χ4n) is 2.07. The second-order valence-corrected chi connectivity index (χ2v) is 4.14. The van der Waals surface area contributed by atoms with Crippen molar-refractivity contribution in [2.75, 3.05) is 20.2 Å². The molecule has 0 spiro atoms. The van der Waals surface area contributed by atoms with Crippen molar-refractivity contribution in [3.8, 4) is 5.75 Å². The van der Waals surface area contributed by atoms with Crippen molar-refractivity contribution in [1.29, 1.82) is 0 Å². The SMILES string of the molecule is COc1ccc(C(=O)C2CCCNC2)cc1. The maximum Gasteiger partial charge on any atom is 0.167 e. The minimum atomic E-state index is 0.141. The molecule has 0 radical (unpaired) electrons. The van der Waals surface area contributed by atoms with Crippen molar-refractivity contribution in [1.82, 2.24) is 5.32 Å². The van der Waals surface area contributed by atoms with Crippen molar-refractivity contribution in [3.63, 3.8) is 0 Å². The molecule has 1 fully saturated rings. The molecule has 3 heteroatoms. The molecule has 0 bridgehead atoms. The van der Waals surface area contributed by atoms with Crippen molar-refractivity contribution in [2.24, 2.45) is 5.92 Å². The number of hydrogen-bond donors (Lipinski definition) is 1. The van der Waals surface area contributed by atoms with Crippen LogP contribution >= 0.6 is 0 Å². The first kappa shape index (κ1) is 11.1. The van der Waals surface area contributed by atoms with Crippen LogP contribution in [0, 0.1) is 5.92 Å². The van der Waals surface area contributed by atoms with E-state index in [-0.39, 0.29) is 11.7 Å². The number of rotatable bonds is 3. The van der Waals surface area contributed by atoms with Crippen molar-refractivity contribution in [2.45, 2.75) is 12.8 Å². The lowest BCUT2D eigenvalue weighted by molar-refractivity contribution is 0.0899. The molecule has 1 heterocycles. The molecule has 1 aromatic carbocycles. The van der Waals surface area contributed by atoms with Crippen LogP contribution in [0.3, 0.4) is 0 Å². The molecular weight excluding hydrogens is 202 g/mol. The highest BCUT2D eigenvalue weighted by Crippen LogP contribution is 2.18. The van der Waals surface area contributed by atoms with Crippen LogP contribution in [0.4, 0.5) is 0 Å². The van der Waals surface area contributed by atoms with E-state index in [1.54, 1.807) is 7.11 Å². The maximum atomic E-state index is 12.1. The highest BCUT2D eigenvalue weighted by molar-refractivity contribution is 5.98. The number of ketones is 1. The molecule has 3 nitrogen and oxygen atoms in total. The fraction of sp³-hybridized carbons (Fsp3) is 0.462. The minimum Gasteiger partial charge on any atom is -0.497 e. The van der Waals surface area contributed by atoms with Crippen LogP contribution in [0.5, 0.6) is 5.75 Å². The molecule has 16 heavy (non-hydrogen) atoms. The van der Waals surface area contributed by atoms with E-state index in [0.717, 1.165) is 37.2 Å². The number of carbonyl (C=O) groups excluding carboxylic acids is 1. The lowest BCUT2D eigenvalue weighted by Gasteiger charge is -2.21. The molecule has 1 atom stereocenters. The predicted octanol–water partition coefficient (Wildman–Crippen LogP) is 1.88. The maximum absolute atomic E-state index is 12.1. The lowest BCUT2D eigenvalue weighted by Crippen LogP contribution is -2.34. The van der Waals surface area contributed by atoms with Gasteiger partial charge in [0.15, 0.2) is 5.78 Å². The topological polar surface area (TPSA) is 38.3 Å². The Morgan fingerprint density at radius 2 is 2.12 bits per heavy atom. The summed E-state index contributed by atoms with van der Waals surface area (Å²) in [4.78, 5) is 12.1. The van der Waals surface area contributed by atoms with Gasteiger partial charge in [-0.2, -0.15) is 0 Å². The third-order valence-electron chi connectivity index (χ3n) is 3.04. The molecule has 1 N–H and O–H groups in total. The van der Waals surface area contributed by atoms with E-state index in [4.69, 9.17) is 4.74 Å². The summed E-state index contributed by atoms with van der Waals surface area (Å²) in [6, 6.07) is 7.36. The molecule has 1 aromatic rings. The Hall–Kier alpha value is -1.35. The first-order chi connectivity index (χ1) is 7.81. The van der Waals surface area contributed by atoms with E-state index < -0.39 is 0 Å². The van der Waals surface area contributed by atoms with Gasteiger partial charge in [-0.15, -0.1) is 0 Å². The van der Waals surface area contributed by atoms with Crippen LogP contribution in [0.15, 0.2) is 24.3 Å². The largest absolute Gasteiger partial charge is 0.497 e. The monoisotopic (exact) mass is 219 g/mol. The molecule has 0 amide bonds. The Kier molecular flexibility index (Phi) is 3.57. The Bertz CT molecular complexity index is 353. The van der Waals surface area contributed by atoms with Gasteiger partial charge in [-0.1, -0.05) is 0 Å². The first-order valence-corrected chi connectivity index (χ1v) is 5.70. The molecule has 0 aromatic heterocycles. The number of benzene rings is 1. The van der Waals surface area contributed by atoms with Crippen LogP contribution in [0.25, 0.3) is 0 Å². The summed E-state index contributed by atoms with van der Waals surface area (Å²) in [6.07, 6.45) is 2.09. The molecule has 1 saturated heterocycles. The van der Waals surface area contributed by atoms with Crippen molar-refractivity contribution >= 4 is 5.78 Å². The molecule has 2 rings (SSSR count). The summed E-state index contributed by atoms with van der Waals surface area (Å²) in [6.45, 7) is 1.84. The number of ether oxygens (including phenoxy) is 1. The van der Waals surface area contributed by atoms with Crippen molar-refractivity contribution in [3.05, 3.63) is 29.8 Å². The summed E-state index contributed by atoms with van der Waals surface area (Å²) >= 11 is 0. The number of Topliss-reactive ketones (excluding diaryl/α,β-unsaturated/α-hetero) is 1. The highest BCUT2D eigenvalue weighted by Gasteiger charge is 2.21. The number of nitrogens with one attached hydrogen (secondary N) is 1. The summed E-state index contributed by atoms with van der Waals surface area (Å²) in [5.41, 5.74) is 0.787. The zero-order chi connectivity index (χ0) is 11.4. The van der Waals surface area contributed by atoms with Gasteiger partial charge in [-0.3, -0.25) is 4.79 Å². The number of piperidine rings is 1. The second kappa shape index (κ2) is 5.12. The summed E-state index contributed by atoms with van der Waals surface area (Å²) < 4.78 is 5.07. The number of carbonyl (C=O) groups is 1. The Labute approximate surface area is 95.8 Å². The molecule has 0 saturated carbocycles. The molecule has 1 aliphatic rings. The number of methoxy groups -OCH3 is 1. The third-order valence-corrected chi connectivity index (χ3v) is 3.04. The van der Waals surface area contributed by atoms with Gasteiger partial charge in [-0.25, -0.2) is 0 Å². The standard InChI is InChI=1S/C13H17NO2/c1-16-12-6-4-10(5-7-12)13(15)11-3-2-8-14-9-11/h4-7,11,14H,2-3,8-9H2,1H3. The lowest BCUT2D eigenvalue weighted by atomic mass is 9.91. The molecule has 0 aliphatic carbocycles. The zero-order valence-electron chi connectivity index (χ0n) is 9.53. The zero-order valence-corrected chi connectivity index (χ0v) is 9.53. The minimum absolute atomic E-state index is 0.141. The van der Waals surface area contributed by atoms with Crippen LogP contribution in [0.1, 0.15) is 23.2 Å². The van der Waals surface area contributed by atoms with Gasteiger partial charge in [0.2, 0.25) is 0 Å². The van der Waals surface area contributed by atoms with Crippen LogP contribution < -0.4 is 10.1 Å². The summed E-state index contributed by atoms with van der Waals surface area (Å²) in [5.74, 6) is 1.18. The predicted molar refractivity (Wildman–Crippen MR) is 62.9 cm³/mol. The van der Waals surface area contributed by atoms with Gasteiger partial charge in [0.1, 0.15) is 5.75 Å². The normalized spacial score (nSPS) is 20.4. The second-order valence-electron chi connectivity index (χ2n) is 4.14. The highest BCUT2D eigenvalue weighted by atomic mass is 16.5. The van der Waals surface area contributed by atoms with Crippen LogP contribution in [-0.4, -0.2) is 26.0 Å². The molecular formula is C13H17NO2. The van der Waals surface area contributed by atoms with Gasteiger partial charge in [-0.05, 0) is 43.7 Å². The quantitative estimate of drug-likeness (QED) is 0.789. The van der Waals surface area contributed by atoms with Gasteiger partial charge in [0.25, 0.3) is 0 Å². The van der Waals surface area contributed by atoms with E-state index >= 15 is 0 Å². The van der Waals surface area contributed by atoms with Gasteiger partial charge < -0.3 is 10.1 Å². The van der Waals surface area contributed by atoms with E-state index in [0.29, 0.717) is 0 Å². The molecule has 86 valence electrons. The molecule has 1 aliphatic heterocycles. The van der Waals surface area contributed by atoms with Crippen LogP contribution in [0.2, 0.25) is 0 Å². The smallest absolute Gasteiger partial charge is 0.167 e. The summed E-state index contributed by atoms with van der Waals surface area (Å²) in [7, 11) is 1.63. The fourth-order valence-corrected chi connectivity index (χ4v) is 2.07. The van der Waals surface area contributed by atoms with Gasteiger partial charge in [0, 0.05) is 18.0 Å². The Morgan fingerprint density at radius 3 is 2.69 bits per heavy atom. The van der Waals surface area contributed by atoms with E-state index in [9.17, 15) is 4.79 Å². The number of hydrogen-bond acceptors (Lipinski definition) is 3. The Morgan fingerprint density at radius 1 is 1.38 bits per heavy atom.